The lowest BCUT2D eigenvalue weighted by Crippen LogP contribution is -2.49. The number of hydrogen-bond acceptors (Lipinski definition) is 1. The predicted molar refractivity (Wildman–Crippen MR) is 91.7 cm³/mol. The van der Waals surface area contributed by atoms with Gasteiger partial charge in [-0.2, -0.15) is 0 Å². The molecule has 0 amide bonds. The van der Waals surface area contributed by atoms with Crippen molar-refractivity contribution in [1.29, 1.82) is 0 Å². The molecule has 0 unspecified atom stereocenters. The van der Waals surface area contributed by atoms with Crippen LogP contribution in [-0.4, -0.2) is 11.1 Å². The SMILES string of the molecule is CC1=CCC[C@@H]2[C@@](C)(CC/C(C)=C/C(=O)O)[C@@H](C)CC[C@@]12C. The Bertz CT molecular complexity index is 502. The van der Waals surface area contributed by atoms with Gasteiger partial charge in [0.1, 0.15) is 0 Å². The molecular weight excluding hydrogens is 272 g/mol. The number of fused-ring (bicyclic) bond motifs is 1. The van der Waals surface area contributed by atoms with Crippen molar-refractivity contribution in [1.82, 2.24) is 0 Å². The summed E-state index contributed by atoms with van der Waals surface area (Å²) in [6.45, 7) is 11.6. The molecule has 2 rings (SSSR count). The molecule has 2 heteroatoms. The zero-order valence-corrected chi connectivity index (χ0v) is 14.9. The van der Waals surface area contributed by atoms with Crippen molar-refractivity contribution in [2.24, 2.45) is 22.7 Å². The van der Waals surface area contributed by atoms with Crippen molar-refractivity contribution in [2.45, 2.75) is 73.1 Å². The first-order chi connectivity index (χ1) is 10.2. The second-order valence-corrected chi connectivity index (χ2v) is 8.21. The van der Waals surface area contributed by atoms with Crippen molar-refractivity contribution in [3.63, 3.8) is 0 Å². The van der Waals surface area contributed by atoms with E-state index in [4.69, 9.17) is 5.11 Å². The van der Waals surface area contributed by atoms with Gasteiger partial charge in [0.15, 0.2) is 0 Å². The largest absolute Gasteiger partial charge is 0.478 e. The van der Waals surface area contributed by atoms with E-state index in [0.717, 1.165) is 24.3 Å². The molecule has 1 fully saturated rings. The van der Waals surface area contributed by atoms with Crippen LogP contribution in [0.1, 0.15) is 73.1 Å². The van der Waals surface area contributed by atoms with E-state index >= 15 is 0 Å². The normalized spacial score (nSPS) is 39.1. The molecule has 0 radical (unpaired) electrons. The van der Waals surface area contributed by atoms with E-state index in [1.807, 2.05) is 6.92 Å². The Hall–Kier alpha value is -1.05. The molecule has 0 heterocycles. The first-order valence-corrected chi connectivity index (χ1v) is 8.77. The second-order valence-electron chi connectivity index (χ2n) is 8.21. The van der Waals surface area contributed by atoms with Gasteiger partial charge in [0.2, 0.25) is 0 Å². The summed E-state index contributed by atoms with van der Waals surface area (Å²) in [7, 11) is 0. The second kappa shape index (κ2) is 6.22. The van der Waals surface area contributed by atoms with E-state index in [9.17, 15) is 4.79 Å². The summed E-state index contributed by atoms with van der Waals surface area (Å²) in [5.41, 5.74) is 3.25. The van der Waals surface area contributed by atoms with Crippen LogP contribution in [0.4, 0.5) is 0 Å². The molecule has 2 aliphatic rings. The molecule has 0 aliphatic heterocycles. The lowest BCUT2D eigenvalue weighted by Gasteiger charge is -2.58. The topological polar surface area (TPSA) is 37.3 Å². The number of allylic oxidation sites excluding steroid dienone is 3. The van der Waals surface area contributed by atoms with Gasteiger partial charge in [0, 0.05) is 6.08 Å². The minimum absolute atomic E-state index is 0.316. The van der Waals surface area contributed by atoms with Crippen molar-refractivity contribution in [3.05, 3.63) is 23.3 Å². The lowest BCUT2D eigenvalue weighted by molar-refractivity contribution is -0.131. The van der Waals surface area contributed by atoms with Crippen molar-refractivity contribution in [3.8, 4) is 0 Å². The fourth-order valence-electron chi connectivity index (χ4n) is 5.08. The van der Waals surface area contributed by atoms with E-state index < -0.39 is 5.97 Å². The maximum atomic E-state index is 10.8. The predicted octanol–water partition coefficient (Wildman–Crippen LogP) is 5.60. The van der Waals surface area contributed by atoms with Gasteiger partial charge in [-0.1, -0.05) is 38.0 Å². The molecule has 1 saturated carbocycles. The summed E-state index contributed by atoms with van der Waals surface area (Å²) in [5, 5.41) is 8.92. The first kappa shape index (κ1) is 17.3. The number of rotatable bonds is 4. The number of carboxylic acid groups (broad SMARTS) is 1. The highest BCUT2D eigenvalue weighted by Crippen LogP contribution is 2.61. The van der Waals surface area contributed by atoms with Crippen molar-refractivity contribution < 1.29 is 9.90 Å². The van der Waals surface area contributed by atoms with Gasteiger partial charge < -0.3 is 5.11 Å². The fraction of sp³-hybridized carbons (Fsp3) is 0.750. The van der Waals surface area contributed by atoms with Gasteiger partial charge >= 0.3 is 5.97 Å². The fourth-order valence-corrected chi connectivity index (χ4v) is 5.08. The average Bonchev–Trinajstić information content (AvgIpc) is 2.43. The highest BCUT2D eigenvalue weighted by molar-refractivity contribution is 5.80. The minimum atomic E-state index is -0.819. The molecule has 4 atom stereocenters. The van der Waals surface area contributed by atoms with Gasteiger partial charge in [0.25, 0.3) is 0 Å². The number of carboxylic acids is 1. The zero-order chi connectivity index (χ0) is 16.5. The summed E-state index contributed by atoms with van der Waals surface area (Å²) in [4.78, 5) is 10.8. The number of aliphatic carboxylic acids is 1. The molecular formula is C20H32O2. The summed E-state index contributed by atoms with van der Waals surface area (Å²) in [6, 6.07) is 0. The summed E-state index contributed by atoms with van der Waals surface area (Å²) in [5.74, 6) is 0.626. The van der Waals surface area contributed by atoms with E-state index in [0.29, 0.717) is 16.7 Å². The molecule has 0 spiro atoms. The third-order valence-corrected chi connectivity index (χ3v) is 7.02. The third-order valence-electron chi connectivity index (χ3n) is 7.02. The van der Waals surface area contributed by atoms with E-state index in [1.165, 1.54) is 31.8 Å². The summed E-state index contributed by atoms with van der Waals surface area (Å²) < 4.78 is 0. The Morgan fingerprint density at radius 1 is 1.41 bits per heavy atom. The smallest absolute Gasteiger partial charge is 0.328 e. The van der Waals surface area contributed by atoms with Gasteiger partial charge in [-0.15, -0.1) is 0 Å². The molecule has 124 valence electrons. The van der Waals surface area contributed by atoms with Crippen LogP contribution in [0.15, 0.2) is 23.3 Å². The Morgan fingerprint density at radius 2 is 2.09 bits per heavy atom. The molecule has 0 saturated heterocycles. The van der Waals surface area contributed by atoms with E-state index in [-0.39, 0.29) is 0 Å². The van der Waals surface area contributed by atoms with Gasteiger partial charge in [-0.25, -0.2) is 4.79 Å². The van der Waals surface area contributed by atoms with E-state index in [2.05, 4.69) is 33.8 Å². The minimum Gasteiger partial charge on any atom is -0.478 e. The van der Waals surface area contributed by atoms with Gasteiger partial charge in [-0.05, 0) is 75.0 Å². The Labute approximate surface area is 135 Å². The summed E-state index contributed by atoms with van der Waals surface area (Å²) in [6.07, 6.45) is 10.9. The van der Waals surface area contributed by atoms with Crippen LogP contribution in [-0.2, 0) is 4.79 Å². The Kier molecular flexibility index (Phi) is 4.89. The Balaban J connectivity index is 2.22. The van der Waals surface area contributed by atoms with Crippen LogP contribution in [0.3, 0.4) is 0 Å². The zero-order valence-electron chi connectivity index (χ0n) is 14.9. The summed E-state index contributed by atoms with van der Waals surface area (Å²) >= 11 is 0. The molecule has 22 heavy (non-hydrogen) atoms. The molecule has 2 nitrogen and oxygen atoms in total. The average molecular weight is 304 g/mol. The van der Waals surface area contributed by atoms with Crippen LogP contribution in [0.5, 0.6) is 0 Å². The third kappa shape index (κ3) is 3.02. The number of hydrogen-bond donors (Lipinski definition) is 1. The van der Waals surface area contributed by atoms with Crippen molar-refractivity contribution in [2.75, 3.05) is 0 Å². The van der Waals surface area contributed by atoms with Crippen LogP contribution in [0.2, 0.25) is 0 Å². The van der Waals surface area contributed by atoms with Crippen LogP contribution < -0.4 is 0 Å². The first-order valence-electron chi connectivity index (χ1n) is 8.77. The Morgan fingerprint density at radius 3 is 2.73 bits per heavy atom. The maximum absolute atomic E-state index is 10.8. The van der Waals surface area contributed by atoms with Crippen LogP contribution in [0, 0.1) is 22.7 Å². The van der Waals surface area contributed by atoms with Gasteiger partial charge in [0.05, 0.1) is 0 Å². The van der Waals surface area contributed by atoms with Crippen LogP contribution in [0.25, 0.3) is 0 Å². The molecule has 1 N–H and O–H groups in total. The molecule has 2 aliphatic carbocycles. The highest BCUT2D eigenvalue weighted by atomic mass is 16.4. The maximum Gasteiger partial charge on any atom is 0.328 e. The quantitative estimate of drug-likeness (QED) is 0.542. The lowest BCUT2D eigenvalue weighted by atomic mass is 9.47. The number of carbonyl (C=O) groups is 1. The highest BCUT2D eigenvalue weighted by Gasteiger charge is 2.52. The molecule has 0 aromatic carbocycles. The van der Waals surface area contributed by atoms with Gasteiger partial charge in [-0.3, -0.25) is 0 Å². The molecule has 0 aromatic rings. The van der Waals surface area contributed by atoms with Crippen LogP contribution >= 0.6 is 0 Å². The molecule has 0 aromatic heterocycles. The molecule has 0 bridgehead atoms. The van der Waals surface area contributed by atoms with Crippen molar-refractivity contribution >= 4 is 5.97 Å². The monoisotopic (exact) mass is 304 g/mol. The van der Waals surface area contributed by atoms with E-state index in [1.54, 1.807) is 5.57 Å². The standard InChI is InChI=1S/C20H32O2/c1-14(13-18(21)22)9-11-19(4)16(3)10-12-20(5)15(2)7-6-8-17(19)20/h7,13,16-17H,6,8-12H2,1-5H3,(H,21,22)/b14-13+/t16-,17+,19-,20-/m0/s1.